The zero-order valence-electron chi connectivity index (χ0n) is 18.0. The van der Waals surface area contributed by atoms with E-state index in [4.69, 9.17) is 0 Å². The Morgan fingerprint density at radius 3 is 2.77 bits per heavy atom. The molecule has 3 aromatic rings. The minimum absolute atomic E-state index is 0.173. The Balaban J connectivity index is 1.33. The minimum atomic E-state index is 0.173. The van der Waals surface area contributed by atoms with Crippen LogP contribution in [0.4, 0.5) is 17.3 Å². The number of hydrogen-bond acceptors (Lipinski definition) is 7. The zero-order chi connectivity index (χ0) is 21.4. The number of ketones is 1. The lowest BCUT2D eigenvalue weighted by atomic mass is 9.90. The Kier molecular flexibility index (Phi) is 5.28. The number of rotatable bonds is 8. The third kappa shape index (κ3) is 4.51. The maximum absolute atomic E-state index is 13.0. The lowest BCUT2D eigenvalue weighted by molar-refractivity contribution is 0.0562. The fourth-order valence-corrected chi connectivity index (χ4v) is 4.01. The normalized spacial score (nSPS) is 17.0. The number of fused-ring (bicyclic) bond motifs is 1. The molecule has 0 spiro atoms. The van der Waals surface area contributed by atoms with E-state index in [1.807, 2.05) is 24.3 Å². The van der Waals surface area contributed by atoms with Crippen LogP contribution in [0.25, 0.3) is 10.9 Å². The molecule has 4 heterocycles. The van der Waals surface area contributed by atoms with Gasteiger partial charge in [-0.25, -0.2) is 9.97 Å². The maximum atomic E-state index is 13.0. The number of aromatic nitrogens is 3. The third-order valence-electron chi connectivity index (χ3n) is 6.08. The average molecular weight is 417 g/mol. The molecule has 2 aliphatic rings. The standard InChI is InChI=1S/C24H28N6O/c1-15(2)30-13-16(14-30)9-22(31)19-12-26-24(10-21(19)27-18-4-5-18)29-23-6-3-17-11-25-8-7-20(17)28-23/h3,6-8,10-12,15-16,18H,4-5,9,13-14H2,1-2H3,(H2,26,27,28,29). The molecule has 31 heavy (non-hydrogen) atoms. The van der Waals surface area contributed by atoms with E-state index in [0.29, 0.717) is 41.6 Å². The van der Waals surface area contributed by atoms with Crippen LogP contribution in [-0.4, -0.2) is 50.8 Å². The van der Waals surface area contributed by atoms with Gasteiger partial charge in [-0.3, -0.25) is 9.78 Å². The molecular formula is C24H28N6O. The highest BCUT2D eigenvalue weighted by Gasteiger charge is 2.31. The molecule has 0 bridgehead atoms. The first-order chi connectivity index (χ1) is 15.0. The third-order valence-corrected chi connectivity index (χ3v) is 6.08. The van der Waals surface area contributed by atoms with Gasteiger partial charge in [-0.05, 0) is 50.8 Å². The second-order valence-electron chi connectivity index (χ2n) is 8.96. The van der Waals surface area contributed by atoms with Gasteiger partial charge < -0.3 is 15.5 Å². The van der Waals surface area contributed by atoms with Gasteiger partial charge in [-0.1, -0.05) is 0 Å². The van der Waals surface area contributed by atoms with Crippen molar-refractivity contribution in [3.63, 3.8) is 0 Å². The SMILES string of the molecule is CC(C)N1CC(CC(=O)c2cnc(Nc3ccc4cnccc4n3)cc2NC2CC2)C1. The zero-order valence-corrected chi connectivity index (χ0v) is 18.0. The molecule has 2 N–H and O–H groups in total. The summed E-state index contributed by atoms with van der Waals surface area (Å²) < 4.78 is 0. The summed E-state index contributed by atoms with van der Waals surface area (Å²) in [4.78, 5) is 28.7. The molecule has 7 heteroatoms. The highest BCUT2D eigenvalue weighted by molar-refractivity contribution is 6.01. The summed E-state index contributed by atoms with van der Waals surface area (Å²) in [5.41, 5.74) is 2.44. The number of nitrogens with one attached hydrogen (secondary N) is 2. The summed E-state index contributed by atoms with van der Waals surface area (Å²) in [6, 6.07) is 8.72. The maximum Gasteiger partial charge on any atom is 0.166 e. The van der Waals surface area contributed by atoms with E-state index in [2.05, 4.69) is 44.3 Å². The van der Waals surface area contributed by atoms with E-state index in [1.54, 1.807) is 18.6 Å². The van der Waals surface area contributed by atoms with Gasteiger partial charge in [0.2, 0.25) is 0 Å². The second-order valence-corrected chi connectivity index (χ2v) is 8.96. The van der Waals surface area contributed by atoms with E-state index in [1.165, 1.54) is 0 Å². The Labute approximate surface area is 182 Å². The summed E-state index contributed by atoms with van der Waals surface area (Å²) >= 11 is 0. The van der Waals surface area contributed by atoms with Crippen LogP contribution in [-0.2, 0) is 0 Å². The molecule has 1 aliphatic heterocycles. The molecular weight excluding hydrogens is 388 g/mol. The first-order valence-electron chi connectivity index (χ1n) is 11.1. The van der Waals surface area contributed by atoms with Gasteiger partial charge in [-0.15, -0.1) is 0 Å². The number of anilines is 3. The van der Waals surface area contributed by atoms with Crippen molar-refractivity contribution in [2.75, 3.05) is 23.7 Å². The van der Waals surface area contributed by atoms with Crippen molar-refractivity contribution < 1.29 is 4.79 Å². The second kappa shape index (κ2) is 8.23. The molecule has 7 nitrogen and oxygen atoms in total. The Bertz CT molecular complexity index is 1100. The Hall–Kier alpha value is -3.06. The highest BCUT2D eigenvalue weighted by atomic mass is 16.1. The molecule has 0 atom stereocenters. The summed E-state index contributed by atoms with van der Waals surface area (Å²) in [7, 11) is 0. The van der Waals surface area contributed by atoms with Crippen molar-refractivity contribution in [2.24, 2.45) is 5.92 Å². The average Bonchev–Trinajstić information content (AvgIpc) is 3.54. The van der Waals surface area contributed by atoms with Gasteiger partial charge in [0.15, 0.2) is 5.78 Å². The molecule has 5 rings (SSSR count). The van der Waals surface area contributed by atoms with E-state index in [9.17, 15) is 4.79 Å². The van der Waals surface area contributed by atoms with E-state index >= 15 is 0 Å². The van der Waals surface area contributed by atoms with Crippen LogP contribution in [0.1, 0.15) is 43.5 Å². The van der Waals surface area contributed by atoms with Crippen molar-refractivity contribution in [2.45, 2.75) is 45.2 Å². The van der Waals surface area contributed by atoms with E-state index in [-0.39, 0.29) is 5.78 Å². The Morgan fingerprint density at radius 1 is 1.16 bits per heavy atom. The van der Waals surface area contributed by atoms with Crippen molar-refractivity contribution in [3.05, 3.63) is 48.4 Å². The van der Waals surface area contributed by atoms with E-state index < -0.39 is 0 Å². The van der Waals surface area contributed by atoms with Crippen LogP contribution >= 0.6 is 0 Å². The summed E-state index contributed by atoms with van der Waals surface area (Å²) in [5.74, 6) is 2.01. The van der Waals surface area contributed by atoms with Crippen molar-refractivity contribution in [1.82, 2.24) is 19.9 Å². The predicted octanol–water partition coefficient (Wildman–Crippen LogP) is 4.26. The molecule has 1 saturated heterocycles. The lowest BCUT2D eigenvalue weighted by Gasteiger charge is -2.42. The van der Waals surface area contributed by atoms with Crippen LogP contribution in [0.3, 0.4) is 0 Å². The predicted molar refractivity (Wildman–Crippen MR) is 123 cm³/mol. The topological polar surface area (TPSA) is 83.0 Å². The van der Waals surface area contributed by atoms with Gasteiger partial charge in [0, 0.05) is 61.6 Å². The number of nitrogens with zero attached hydrogens (tertiary/aromatic N) is 4. The number of hydrogen-bond donors (Lipinski definition) is 2. The van der Waals surface area contributed by atoms with Crippen LogP contribution < -0.4 is 10.6 Å². The molecule has 1 aliphatic carbocycles. The molecule has 1 saturated carbocycles. The first kappa shape index (κ1) is 19.9. The number of carbonyl (C=O) groups is 1. The minimum Gasteiger partial charge on any atom is -0.382 e. The molecule has 0 aromatic carbocycles. The van der Waals surface area contributed by atoms with Crippen LogP contribution in [0.15, 0.2) is 42.9 Å². The van der Waals surface area contributed by atoms with Crippen molar-refractivity contribution in [3.8, 4) is 0 Å². The quantitative estimate of drug-likeness (QED) is 0.531. The number of pyridine rings is 3. The number of carbonyl (C=O) groups excluding carboxylic acids is 1. The first-order valence-corrected chi connectivity index (χ1v) is 11.1. The van der Waals surface area contributed by atoms with Gasteiger partial charge in [-0.2, -0.15) is 0 Å². The molecule has 0 amide bonds. The van der Waals surface area contributed by atoms with Gasteiger partial charge >= 0.3 is 0 Å². The monoisotopic (exact) mass is 416 g/mol. The fraction of sp³-hybridized carbons (Fsp3) is 0.417. The number of likely N-dealkylation sites (tertiary alicyclic amines) is 1. The number of Topliss-reactive ketones (excluding diaryl/α,β-unsaturated/α-hetero) is 1. The van der Waals surface area contributed by atoms with Crippen LogP contribution in [0.5, 0.6) is 0 Å². The fourth-order valence-electron chi connectivity index (χ4n) is 4.01. The van der Waals surface area contributed by atoms with Gasteiger partial charge in [0.25, 0.3) is 0 Å². The molecule has 3 aromatic heterocycles. The molecule has 2 fully saturated rings. The molecule has 160 valence electrons. The van der Waals surface area contributed by atoms with Gasteiger partial charge in [0.1, 0.15) is 11.6 Å². The van der Waals surface area contributed by atoms with Crippen LogP contribution in [0, 0.1) is 5.92 Å². The highest BCUT2D eigenvalue weighted by Crippen LogP contribution is 2.31. The molecule has 0 unspecified atom stereocenters. The van der Waals surface area contributed by atoms with Crippen molar-refractivity contribution >= 4 is 34.0 Å². The smallest absolute Gasteiger partial charge is 0.166 e. The lowest BCUT2D eigenvalue weighted by Crippen LogP contribution is -2.50. The van der Waals surface area contributed by atoms with Gasteiger partial charge in [0.05, 0.1) is 16.8 Å². The summed E-state index contributed by atoms with van der Waals surface area (Å²) in [6.07, 6.45) is 8.11. The molecule has 0 radical (unpaired) electrons. The van der Waals surface area contributed by atoms with Crippen molar-refractivity contribution in [1.29, 1.82) is 0 Å². The van der Waals surface area contributed by atoms with Crippen LogP contribution in [0.2, 0.25) is 0 Å². The summed E-state index contributed by atoms with van der Waals surface area (Å²) in [5, 5.41) is 7.79. The largest absolute Gasteiger partial charge is 0.382 e. The van der Waals surface area contributed by atoms with E-state index in [0.717, 1.165) is 42.5 Å². The Morgan fingerprint density at radius 2 is 2.00 bits per heavy atom. The summed E-state index contributed by atoms with van der Waals surface area (Å²) in [6.45, 7) is 6.41.